The minimum absolute atomic E-state index is 0.117. The lowest BCUT2D eigenvalue weighted by molar-refractivity contribution is -0.122. The second kappa shape index (κ2) is 5.69. The fraction of sp³-hybridized carbons (Fsp3) is 0.429. The summed E-state index contributed by atoms with van der Waals surface area (Å²) in [6.07, 6.45) is 3.17. The van der Waals surface area contributed by atoms with Crippen molar-refractivity contribution < 1.29 is 18.7 Å². The summed E-state index contributed by atoms with van der Waals surface area (Å²) in [5.74, 6) is -0.369. The second-order valence-electron chi connectivity index (χ2n) is 5.20. The molecule has 1 unspecified atom stereocenters. The van der Waals surface area contributed by atoms with Crippen LogP contribution in [0.5, 0.6) is 5.75 Å². The molecular weight excluding hydrogens is 277 g/mol. The van der Waals surface area contributed by atoms with Crippen molar-refractivity contribution in [3.8, 4) is 5.75 Å². The average molecular weight is 293 g/mol. The lowest BCUT2D eigenvalue weighted by atomic mass is 9.95. The minimum atomic E-state index is -0.513. The van der Waals surface area contributed by atoms with Gasteiger partial charge in [-0.3, -0.25) is 9.59 Å². The maximum atomic E-state index is 13.9. The summed E-state index contributed by atoms with van der Waals surface area (Å²) in [4.78, 5) is 23.0. The van der Waals surface area contributed by atoms with Gasteiger partial charge in [-0.25, -0.2) is 9.82 Å². The number of ether oxygens (including phenoxy) is 1. The molecule has 6 nitrogen and oxygen atoms in total. The molecule has 1 fully saturated rings. The first-order valence-electron chi connectivity index (χ1n) is 6.94. The van der Waals surface area contributed by atoms with Gasteiger partial charge in [0.1, 0.15) is 5.75 Å². The summed E-state index contributed by atoms with van der Waals surface area (Å²) in [6, 6.07) is 2.35. The molecule has 3 rings (SSSR count). The predicted molar refractivity (Wildman–Crippen MR) is 74.5 cm³/mol. The highest BCUT2D eigenvalue weighted by Crippen LogP contribution is 2.32. The molecule has 112 valence electrons. The van der Waals surface area contributed by atoms with Gasteiger partial charge in [0, 0.05) is 12.5 Å². The van der Waals surface area contributed by atoms with Gasteiger partial charge in [0.05, 0.1) is 17.4 Å². The molecule has 1 aliphatic carbocycles. The molecule has 0 spiro atoms. The predicted octanol–water partition coefficient (Wildman–Crippen LogP) is 1.58. The van der Waals surface area contributed by atoms with E-state index in [9.17, 15) is 14.0 Å². The van der Waals surface area contributed by atoms with E-state index in [1.807, 2.05) is 0 Å². The number of hydrazine groups is 1. The Morgan fingerprint density at radius 2 is 2.14 bits per heavy atom. The topological polar surface area (TPSA) is 79.5 Å². The summed E-state index contributed by atoms with van der Waals surface area (Å²) < 4.78 is 19.1. The number of carbonyl (C=O) groups is 2. The molecule has 3 N–H and O–H groups in total. The molecule has 1 aromatic carbocycles. The van der Waals surface area contributed by atoms with Gasteiger partial charge >= 0.3 is 0 Å². The van der Waals surface area contributed by atoms with Crippen molar-refractivity contribution in [2.24, 2.45) is 0 Å². The number of ketones is 1. The zero-order valence-corrected chi connectivity index (χ0v) is 11.4. The van der Waals surface area contributed by atoms with E-state index in [1.165, 1.54) is 12.1 Å². The third-order valence-electron chi connectivity index (χ3n) is 3.64. The number of rotatable bonds is 3. The second-order valence-corrected chi connectivity index (χ2v) is 5.20. The molecule has 1 atom stereocenters. The Labute approximate surface area is 121 Å². The Kier molecular flexibility index (Phi) is 3.74. The van der Waals surface area contributed by atoms with E-state index in [-0.39, 0.29) is 30.0 Å². The van der Waals surface area contributed by atoms with Gasteiger partial charge in [0.15, 0.2) is 18.2 Å². The van der Waals surface area contributed by atoms with Crippen LogP contribution in [-0.2, 0) is 9.59 Å². The van der Waals surface area contributed by atoms with Gasteiger partial charge in [0.2, 0.25) is 0 Å². The molecule has 2 aliphatic rings. The van der Waals surface area contributed by atoms with Crippen LogP contribution >= 0.6 is 0 Å². The van der Waals surface area contributed by atoms with Crippen molar-refractivity contribution in [3.05, 3.63) is 17.9 Å². The zero-order chi connectivity index (χ0) is 14.8. The molecule has 1 heterocycles. The van der Waals surface area contributed by atoms with E-state index in [2.05, 4.69) is 16.2 Å². The summed E-state index contributed by atoms with van der Waals surface area (Å²) in [6.45, 7) is -0.117. The van der Waals surface area contributed by atoms with Crippen LogP contribution in [-0.4, -0.2) is 24.3 Å². The van der Waals surface area contributed by atoms with Gasteiger partial charge in [-0.1, -0.05) is 6.42 Å². The smallest absolute Gasteiger partial charge is 0.262 e. The third kappa shape index (κ3) is 2.97. The Balaban J connectivity index is 1.71. The van der Waals surface area contributed by atoms with Crippen LogP contribution in [0.3, 0.4) is 0 Å². The van der Waals surface area contributed by atoms with Crippen LogP contribution in [0.1, 0.15) is 25.7 Å². The van der Waals surface area contributed by atoms with Crippen molar-refractivity contribution in [1.82, 2.24) is 5.43 Å². The maximum Gasteiger partial charge on any atom is 0.262 e. The molecule has 1 aromatic rings. The Bertz CT molecular complexity index is 591. The SMILES string of the molecule is O=C1COc2cc(F)c(NNC3CCCCC3=O)cc2N1. The number of Topliss-reactive ketones (excluding diaryl/α,β-unsaturated/α-hetero) is 1. The Hall–Kier alpha value is -2.15. The number of hydrogen-bond donors (Lipinski definition) is 3. The van der Waals surface area contributed by atoms with Crippen molar-refractivity contribution in [2.75, 3.05) is 17.3 Å². The minimum Gasteiger partial charge on any atom is -0.481 e. The van der Waals surface area contributed by atoms with Gasteiger partial charge < -0.3 is 15.5 Å². The third-order valence-corrected chi connectivity index (χ3v) is 3.64. The monoisotopic (exact) mass is 293 g/mol. The normalized spacial score (nSPS) is 21.3. The van der Waals surface area contributed by atoms with Crippen molar-refractivity contribution in [1.29, 1.82) is 0 Å². The quantitative estimate of drug-likeness (QED) is 0.737. The molecule has 0 saturated heterocycles. The highest BCUT2D eigenvalue weighted by Gasteiger charge is 2.23. The summed E-state index contributed by atoms with van der Waals surface area (Å²) >= 11 is 0. The van der Waals surface area contributed by atoms with Crippen LogP contribution in [0.2, 0.25) is 0 Å². The average Bonchev–Trinajstić information content (AvgIpc) is 2.47. The fourth-order valence-corrected chi connectivity index (χ4v) is 2.50. The van der Waals surface area contributed by atoms with Crippen LogP contribution in [0.4, 0.5) is 15.8 Å². The number of nitrogens with one attached hydrogen (secondary N) is 3. The van der Waals surface area contributed by atoms with Gasteiger partial charge in [-0.05, 0) is 18.9 Å². The number of carbonyl (C=O) groups excluding carboxylic acids is 2. The van der Waals surface area contributed by atoms with E-state index < -0.39 is 5.82 Å². The number of hydrogen-bond acceptors (Lipinski definition) is 5. The summed E-state index contributed by atoms with van der Waals surface area (Å²) in [5.41, 5.74) is 6.15. The van der Waals surface area contributed by atoms with Crippen LogP contribution in [0.15, 0.2) is 12.1 Å². The molecule has 1 amide bonds. The Morgan fingerprint density at radius 1 is 1.29 bits per heavy atom. The van der Waals surface area contributed by atoms with E-state index >= 15 is 0 Å². The van der Waals surface area contributed by atoms with Crippen LogP contribution in [0, 0.1) is 5.82 Å². The molecule has 0 bridgehead atoms. The molecule has 21 heavy (non-hydrogen) atoms. The van der Waals surface area contributed by atoms with E-state index in [0.29, 0.717) is 17.9 Å². The van der Waals surface area contributed by atoms with Crippen LogP contribution < -0.4 is 20.9 Å². The number of halogens is 1. The fourth-order valence-electron chi connectivity index (χ4n) is 2.50. The lowest BCUT2D eigenvalue weighted by Gasteiger charge is -2.24. The highest BCUT2D eigenvalue weighted by molar-refractivity contribution is 5.96. The number of benzene rings is 1. The molecule has 0 aromatic heterocycles. The standard InChI is InChI=1S/C14H16FN3O3/c15-8-5-13-11(16-14(20)7-21-13)6-10(8)18-17-9-3-1-2-4-12(9)19/h5-6,9,17-18H,1-4,7H2,(H,16,20). The van der Waals surface area contributed by atoms with Crippen LogP contribution in [0.25, 0.3) is 0 Å². The maximum absolute atomic E-state index is 13.9. The van der Waals surface area contributed by atoms with Gasteiger partial charge in [0.25, 0.3) is 5.91 Å². The summed E-state index contributed by atoms with van der Waals surface area (Å²) in [7, 11) is 0. The lowest BCUT2D eigenvalue weighted by Crippen LogP contribution is -2.42. The Morgan fingerprint density at radius 3 is 2.95 bits per heavy atom. The van der Waals surface area contributed by atoms with E-state index in [1.54, 1.807) is 0 Å². The first-order valence-corrected chi connectivity index (χ1v) is 6.94. The van der Waals surface area contributed by atoms with Crippen molar-refractivity contribution in [2.45, 2.75) is 31.7 Å². The van der Waals surface area contributed by atoms with Gasteiger partial charge in [-0.15, -0.1) is 0 Å². The first-order chi connectivity index (χ1) is 10.1. The number of fused-ring (bicyclic) bond motifs is 1. The number of anilines is 2. The van der Waals surface area contributed by atoms with Gasteiger partial charge in [-0.2, -0.15) is 0 Å². The van der Waals surface area contributed by atoms with Crippen molar-refractivity contribution >= 4 is 23.1 Å². The first kappa shape index (κ1) is 13.8. The molecule has 7 heteroatoms. The zero-order valence-electron chi connectivity index (χ0n) is 11.4. The summed E-state index contributed by atoms with van der Waals surface area (Å²) in [5, 5.41) is 2.61. The molecular formula is C14H16FN3O3. The number of amides is 1. The highest BCUT2D eigenvalue weighted by atomic mass is 19.1. The van der Waals surface area contributed by atoms with E-state index in [0.717, 1.165) is 19.3 Å². The molecule has 1 aliphatic heterocycles. The van der Waals surface area contributed by atoms with E-state index in [4.69, 9.17) is 4.74 Å². The largest absolute Gasteiger partial charge is 0.481 e. The molecule has 0 radical (unpaired) electrons. The molecule has 1 saturated carbocycles. The van der Waals surface area contributed by atoms with Crippen molar-refractivity contribution in [3.63, 3.8) is 0 Å².